The normalized spacial score (nSPS) is 11.9. The van der Waals surface area contributed by atoms with Gasteiger partial charge in [-0.05, 0) is 24.6 Å². The molecule has 2 N–H and O–H groups in total. The monoisotopic (exact) mass is 273 g/mol. The van der Waals surface area contributed by atoms with E-state index in [2.05, 4.69) is 20.7 Å². The van der Waals surface area contributed by atoms with Crippen molar-refractivity contribution < 1.29 is 4.79 Å². The van der Waals surface area contributed by atoms with Crippen LogP contribution in [-0.4, -0.2) is 27.7 Å². The van der Waals surface area contributed by atoms with Crippen molar-refractivity contribution in [1.82, 2.24) is 20.1 Å². The van der Waals surface area contributed by atoms with E-state index in [-0.39, 0.29) is 11.9 Å². The lowest BCUT2D eigenvalue weighted by Crippen LogP contribution is -2.29. The Morgan fingerprint density at radius 3 is 2.80 bits per heavy atom. The van der Waals surface area contributed by atoms with Crippen LogP contribution in [0.15, 0.2) is 30.6 Å². The lowest BCUT2D eigenvalue weighted by atomic mass is 10.1. The summed E-state index contributed by atoms with van der Waals surface area (Å²) in [4.78, 5) is 16.4. The summed E-state index contributed by atoms with van der Waals surface area (Å²) in [6.45, 7) is 2.03. The van der Waals surface area contributed by atoms with Crippen LogP contribution >= 0.6 is 0 Å². The summed E-state index contributed by atoms with van der Waals surface area (Å²) in [5.41, 5.74) is 1.58. The molecule has 1 atom stereocenters. The van der Waals surface area contributed by atoms with E-state index in [0.717, 1.165) is 12.1 Å². The second kappa shape index (κ2) is 6.18. The van der Waals surface area contributed by atoms with Crippen molar-refractivity contribution in [1.29, 1.82) is 0 Å². The van der Waals surface area contributed by atoms with Crippen LogP contribution < -0.4 is 10.6 Å². The number of amides is 1. The molecule has 106 valence electrons. The number of nitrogens with one attached hydrogen (secondary N) is 2. The van der Waals surface area contributed by atoms with Crippen LogP contribution in [0.2, 0.25) is 0 Å². The van der Waals surface area contributed by atoms with Crippen molar-refractivity contribution in [2.24, 2.45) is 7.05 Å². The van der Waals surface area contributed by atoms with Crippen molar-refractivity contribution in [2.45, 2.75) is 19.4 Å². The second-order valence-electron chi connectivity index (χ2n) is 4.49. The van der Waals surface area contributed by atoms with Gasteiger partial charge in [0.05, 0.1) is 11.7 Å². The van der Waals surface area contributed by atoms with Crippen LogP contribution in [0.25, 0.3) is 0 Å². The summed E-state index contributed by atoms with van der Waals surface area (Å²) >= 11 is 0. The van der Waals surface area contributed by atoms with E-state index in [0.29, 0.717) is 11.4 Å². The first-order valence-corrected chi connectivity index (χ1v) is 6.58. The molecule has 0 aliphatic carbocycles. The maximum absolute atomic E-state index is 12.3. The molecule has 0 saturated carbocycles. The molecule has 0 fully saturated rings. The topological polar surface area (TPSA) is 71.8 Å². The molecule has 0 unspecified atom stereocenters. The van der Waals surface area contributed by atoms with Crippen LogP contribution in [0.5, 0.6) is 0 Å². The molecule has 0 aliphatic rings. The molecule has 1 amide bonds. The summed E-state index contributed by atoms with van der Waals surface area (Å²) in [5, 5.41) is 10.1. The van der Waals surface area contributed by atoms with Crippen LogP contribution in [0, 0.1) is 0 Å². The lowest BCUT2D eigenvalue weighted by molar-refractivity contribution is 0.0934. The van der Waals surface area contributed by atoms with E-state index in [9.17, 15) is 4.79 Å². The fourth-order valence-electron chi connectivity index (χ4n) is 2.06. The van der Waals surface area contributed by atoms with Crippen molar-refractivity contribution in [3.63, 3.8) is 0 Å². The predicted molar refractivity (Wildman–Crippen MR) is 77.5 cm³/mol. The van der Waals surface area contributed by atoms with Crippen molar-refractivity contribution in [2.75, 3.05) is 12.4 Å². The van der Waals surface area contributed by atoms with Gasteiger partial charge in [0, 0.05) is 32.1 Å². The molecule has 2 aromatic rings. The van der Waals surface area contributed by atoms with Crippen LogP contribution in [0.4, 0.5) is 5.82 Å². The average molecular weight is 273 g/mol. The average Bonchev–Trinajstić information content (AvgIpc) is 2.90. The zero-order valence-electron chi connectivity index (χ0n) is 11.9. The van der Waals surface area contributed by atoms with E-state index < -0.39 is 0 Å². The van der Waals surface area contributed by atoms with Crippen molar-refractivity contribution in [3.05, 3.63) is 41.9 Å². The standard InChI is InChI=1S/C14H19N5O/c1-4-11(12-6-8-17-19(12)3)18-14(20)10-5-7-16-13(9-10)15-2/h5-9,11H,4H2,1-3H3,(H,15,16)(H,18,20)/t11-/m1/s1. The van der Waals surface area contributed by atoms with Gasteiger partial charge in [-0.2, -0.15) is 5.10 Å². The van der Waals surface area contributed by atoms with E-state index in [1.54, 1.807) is 36.3 Å². The molecule has 0 aromatic carbocycles. The number of pyridine rings is 1. The molecule has 0 radical (unpaired) electrons. The molecule has 0 spiro atoms. The highest BCUT2D eigenvalue weighted by molar-refractivity contribution is 5.95. The third-order valence-corrected chi connectivity index (χ3v) is 3.21. The summed E-state index contributed by atoms with van der Waals surface area (Å²) in [5.74, 6) is 0.559. The molecule has 6 heteroatoms. The first kappa shape index (κ1) is 14.0. The molecule has 0 aliphatic heterocycles. The van der Waals surface area contributed by atoms with Gasteiger partial charge in [-0.25, -0.2) is 4.98 Å². The number of rotatable bonds is 5. The molecule has 2 aromatic heterocycles. The number of aromatic nitrogens is 3. The summed E-state index contributed by atoms with van der Waals surface area (Å²) < 4.78 is 1.78. The number of anilines is 1. The van der Waals surface area contributed by atoms with Gasteiger partial charge in [0.1, 0.15) is 5.82 Å². The first-order valence-electron chi connectivity index (χ1n) is 6.58. The zero-order valence-corrected chi connectivity index (χ0v) is 11.9. The fraction of sp³-hybridized carbons (Fsp3) is 0.357. The Morgan fingerprint density at radius 1 is 1.40 bits per heavy atom. The van der Waals surface area contributed by atoms with E-state index in [1.807, 2.05) is 20.0 Å². The Morgan fingerprint density at radius 2 is 2.20 bits per heavy atom. The highest BCUT2D eigenvalue weighted by atomic mass is 16.1. The minimum absolute atomic E-state index is 0.0544. The smallest absolute Gasteiger partial charge is 0.252 e. The third-order valence-electron chi connectivity index (χ3n) is 3.21. The molecular weight excluding hydrogens is 254 g/mol. The first-order chi connectivity index (χ1) is 9.65. The van der Waals surface area contributed by atoms with Gasteiger partial charge < -0.3 is 10.6 Å². The number of carbonyl (C=O) groups excluding carboxylic acids is 1. The van der Waals surface area contributed by atoms with Crippen LogP contribution in [0.3, 0.4) is 0 Å². The summed E-state index contributed by atoms with van der Waals surface area (Å²) in [6, 6.07) is 5.29. The van der Waals surface area contributed by atoms with Crippen molar-refractivity contribution >= 4 is 11.7 Å². The highest BCUT2D eigenvalue weighted by Gasteiger charge is 2.17. The molecular formula is C14H19N5O. The van der Waals surface area contributed by atoms with Gasteiger partial charge >= 0.3 is 0 Å². The number of aryl methyl sites for hydroxylation is 1. The molecule has 0 saturated heterocycles. The number of nitrogens with zero attached hydrogens (tertiary/aromatic N) is 3. The molecule has 2 heterocycles. The third kappa shape index (κ3) is 2.96. The van der Waals surface area contributed by atoms with Crippen LogP contribution in [0.1, 0.15) is 35.4 Å². The van der Waals surface area contributed by atoms with Gasteiger partial charge in [0.25, 0.3) is 5.91 Å². The Bertz CT molecular complexity index is 593. The molecule has 20 heavy (non-hydrogen) atoms. The van der Waals surface area contributed by atoms with Gasteiger partial charge in [-0.3, -0.25) is 9.48 Å². The largest absolute Gasteiger partial charge is 0.373 e. The highest BCUT2D eigenvalue weighted by Crippen LogP contribution is 2.16. The number of hydrogen-bond donors (Lipinski definition) is 2. The number of carbonyl (C=O) groups is 1. The Labute approximate surface area is 118 Å². The van der Waals surface area contributed by atoms with Gasteiger partial charge in [-0.1, -0.05) is 6.92 Å². The minimum atomic E-state index is -0.114. The Hall–Kier alpha value is -2.37. The fourth-order valence-corrected chi connectivity index (χ4v) is 2.06. The molecule has 0 bridgehead atoms. The van der Waals surface area contributed by atoms with Gasteiger partial charge in [0.15, 0.2) is 0 Å². The van der Waals surface area contributed by atoms with E-state index in [4.69, 9.17) is 0 Å². The second-order valence-corrected chi connectivity index (χ2v) is 4.49. The SMILES string of the molecule is CC[C@@H](NC(=O)c1ccnc(NC)c1)c1ccnn1C. The predicted octanol–water partition coefficient (Wildman–Crippen LogP) is 1.74. The summed E-state index contributed by atoms with van der Waals surface area (Å²) in [7, 11) is 3.64. The quantitative estimate of drug-likeness (QED) is 0.870. The van der Waals surface area contributed by atoms with Crippen LogP contribution in [-0.2, 0) is 7.05 Å². The summed E-state index contributed by atoms with van der Waals surface area (Å²) in [6.07, 6.45) is 4.15. The molecule has 6 nitrogen and oxygen atoms in total. The maximum atomic E-state index is 12.3. The lowest BCUT2D eigenvalue weighted by Gasteiger charge is -2.17. The Kier molecular flexibility index (Phi) is 4.34. The minimum Gasteiger partial charge on any atom is -0.373 e. The van der Waals surface area contributed by atoms with Gasteiger partial charge in [0.2, 0.25) is 0 Å². The molecule has 2 rings (SSSR count). The Balaban J connectivity index is 2.15. The van der Waals surface area contributed by atoms with Crippen molar-refractivity contribution in [3.8, 4) is 0 Å². The van der Waals surface area contributed by atoms with Gasteiger partial charge in [-0.15, -0.1) is 0 Å². The maximum Gasteiger partial charge on any atom is 0.252 e. The van der Waals surface area contributed by atoms with E-state index >= 15 is 0 Å². The van der Waals surface area contributed by atoms with E-state index in [1.165, 1.54) is 0 Å². The zero-order chi connectivity index (χ0) is 14.5. The number of hydrogen-bond acceptors (Lipinski definition) is 4.